The number of anilines is 1. The summed E-state index contributed by atoms with van der Waals surface area (Å²) in [5, 5.41) is 0. The van der Waals surface area contributed by atoms with E-state index in [1.54, 1.807) is 0 Å². The van der Waals surface area contributed by atoms with Crippen LogP contribution < -0.4 is 5.73 Å². The Labute approximate surface area is 123 Å². The first kappa shape index (κ1) is 15.3. The molecule has 1 aliphatic heterocycles. The van der Waals surface area contributed by atoms with Crippen LogP contribution in [0.15, 0.2) is 24.3 Å². The number of hydrogen-bond donors (Lipinski definition) is 1. The summed E-state index contributed by atoms with van der Waals surface area (Å²) in [6, 6.07) is 8.30. The maximum atomic E-state index is 5.79. The lowest BCUT2D eigenvalue weighted by atomic mass is 9.83. The fourth-order valence-corrected chi connectivity index (χ4v) is 3.11. The zero-order valence-electron chi connectivity index (χ0n) is 13.1. The first-order chi connectivity index (χ1) is 9.51. The lowest BCUT2D eigenvalue weighted by Crippen LogP contribution is -2.45. The van der Waals surface area contributed by atoms with Gasteiger partial charge < -0.3 is 10.5 Å². The summed E-state index contributed by atoms with van der Waals surface area (Å²) in [5.74, 6) is 0. The summed E-state index contributed by atoms with van der Waals surface area (Å²) in [5.41, 5.74) is 8.10. The van der Waals surface area contributed by atoms with E-state index < -0.39 is 0 Å². The Kier molecular flexibility index (Phi) is 5.06. The van der Waals surface area contributed by atoms with Gasteiger partial charge >= 0.3 is 0 Å². The number of piperidine rings is 1. The van der Waals surface area contributed by atoms with Crippen LogP contribution in [0.25, 0.3) is 0 Å². The predicted molar refractivity (Wildman–Crippen MR) is 85.0 cm³/mol. The van der Waals surface area contributed by atoms with E-state index in [0.717, 1.165) is 25.4 Å². The van der Waals surface area contributed by atoms with E-state index in [9.17, 15) is 0 Å². The van der Waals surface area contributed by atoms with Crippen molar-refractivity contribution in [1.29, 1.82) is 0 Å². The van der Waals surface area contributed by atoms with Gasteiger partial charge in [-0.3, -0.25) is 4.90 Å². The summed E-state index contributed by atoms with van der Waals surface area (Å²) < 4.78 is 5.79. The molecule has 0 aromatic heterocycles. The number of nitrogens with zero attached hydrogens (tertiary/aromatic N) is 1. The van der Waals surface area contributed by atoms with Crippen molar-refractivity contribution >= 4 is 5.69 Å². The van der Waals surface area contributed by atoms with E-state index >= 15 is 0 Å². The monoisotopic (exact) mass is 276 g/mol. The molecule has 2 rings (SSSR count). The van der Waals surface area contributed by atoms with Crippen LogP contribution in [-0.4, -0.2) is 37.2 Å². The van der Waals surface area contributed by atoms with E-state index in [0.29, 0.717) is 6.10 Å². The van der Waals surface area contributed by atoms with Crippen LogP contribution in [0.3, 0.4) is 0 Å². The molecule has 1 aromatic carbocycles. The molecule has 1 aromatic rings. The lowest BCUT2D eigenvalue weighted by molar-refractivity contribution is 0.00119. The van der Waals surface area contributed by atoms with E-state index in [1.807, 2.05) is 12.1 Å². The number of nitrogen functional groups attached to an aromatic ring is 1. The van der Waals surface area contributed by atoms with Gasteiger partial charge in [0.15, 0.2) is 0 Å². The van der Waals surface area contributed by atoms with Crippen LogP contribution >= 0.6 is 0 Å². The fourth-order valence-electron chi connectivity index (χ4n) is 3.11. The first-order valence-corrected chi connectivity index (χ1v) is 7.71. The minimum absolute atomic E-state index is 0.141. The summed E-state index contributed by atoms with van der Waals surface area (Å²) in [4.78, 5) is 2.54. The highest BCUT2D eigenvalue weighted by atomic mass is 16.5. The van der Waals surface area contributed by atoms with Crippen LogP contribution in [-0.2, 0) is 10.2 Å². The highest BCUT2D eigenvalue weighted by Gasteiger charge is 2.27. The largest absolute Gasteiger partial charge is 0.399 e. The number of nitrogens with two attached hydrogens (primary N) is 1. The third-order valence-electron chi connectivity index (χ3n) is 4.18. The molecule has 0 saturated carbocycles. The molecular weight excluding hydrogens is 248 g/mol. The molecule has 0 radical (unpaired) electrons. The number of ether oxygens (including phenoxy) is 1. The van der Waals surface area contributed by atoms with Gasteiger partial charge in [-0.05, 0) is 44.0 Å². The minimum atomic E-state index is 0.141. The Balaban J connectivity index is 1.98. The first-order valence-electron chi connectivity index (χ1n) is 7.71. The third-order valence-corrected chi connectivity index (χ3v) is 4.18. The van der Waals surface area contributed by atoms with Crippen LogP contribution in [0, 0.1) is 0 Å². The molecule has 1 aliphatic rings. The van der Waals surface area contributed by atoms with Crippen molar-refractivity contribution in [2.45, 2.75) is 45.1 Å². The van der Waals surface area contributed by atoms with E-state index in [-0.39, 0.29) is 5.41 Å². The maximum Gasteiger partial charge on any atom is 0.0702 e. The van der Waals surface area contributed by atoms with Gasteiger partial charge in [-0.25, -0.2) is 0 Å². The predicted octanol–water partition coefficient (Wildman–Crippen LogP) is 3.05. The highest BCUT2D eigenvalue weighted by molar-refractivity contribution is 5.41. The molecule has 3 nitrogen and oxygen atoms in total. The molecule has 1 atom stereocenters. The molecule has 1 saturated heterocycles. The lowest BCUT2D eigenvalue weighted by Gasteiger charge is -2.38. The van der Waals surface area contributed by atoms with E-state index in [1.165, 1.54) is 24.9 Å². The summed E-state index contributed by atoms with van der Waals surface area (Å²) in [7, 11) is 0. The highest BCUT2D eigenvalue weighted by Crippen LogP contribution is 2.27. The van der Waals surface area contributed by atoms with Gasteiger partial charge in [0.1, 0.15) is 0 Å². The van der Waals surface area contributed by atoms with Crippen molar-refractivity contribution in [2.24, 2.45) is 0 Å². The van der Waals surface area contributed by atoms with E-state index in [2.05, 4.69) is 37.8 Å². The van der Waals surface area contributed by atoms with Crippen molar-refractivity contribution in [2.75, 3.05) is 32.0 Å². The van der Waals surface area contributed by atoms with Crippen molar-refractivity contribution in [1.82, 2.24) is 4.90 Å². The minimum Gasteiger partial charge on any atom is -0.399 e. The zero-order chi connectivity index (χ0) is 14.6. The van der Waals surface area contributed by atoms with Crippen molar-refractivity contribution < 1.29 is 4.74 Å². The van der Waals surface area contributed by atoms with Gasteiger partial charge in [0.05, 0.1) is 6.10 Å². The fraction of sp³-hybridized carbons (Fsp3) is 0.647. The van der Waals surface area contributed by atoms with Crippen LogP contribution in [0.2, 0.25) is 0 Å². The maximum absolute atomic E-state index is 5.79. The average Bonchev–Trinajstić information content (AvgIpc) is 2.39. The second-order valence-corrected chi connectivity index (χ2v) is 6.46. The number of benzene rings is 1. The van der Waals surface area contributed by atoms with Gasteiger partial charge in [-0.2, -0.15) is 0 Å². The Morgan fingerprint density at radius 1 is 1.30 bits per heavy atom. The van der Waals surface area contributed by atoms with Crippen molar-refractivity contribution in [3.8, 4) is 0 Å². The van der Waals surface area contributed by atoms with Gasteiger partial charge in [0.25, 0.3) is 0 Å². The topological polar surface area (TPSA) is 38.5 Å². The molecule has 0 amide bonds. The van der Waals surface area contributed by atoms with E-state index in [4.69, 9.17) is 10.5 Å². The number of hydrogen-bond acceptors (Lipinski definition) is 3. The van der Waals surface area contributed by atoms with Gasteiger partial charge in [0, 0.05) is 30.8 Å². The summed E-state index contributed by atoms with van der Waals surface area (Å²) in [6.45, 7) is 10.8. The molecule has 0 bridgehead atoms. The second kappa shape index (κ2) is 6.59. The molecular formula is C17H28N2O. The Morgan fingerprint density at radius 2 is 2.00 bits per heavy atom. The molecule has 0 aliphatic carbocycles. The molecule has 112 valence electrons. The average molecular weight is 276 g/mol. The summed E-state index contributed by atoms with van der Waals surface area (Å²) >= 11 is 0. The summed E-state index contributed by atoms with van der Waals surface area (Å²) in [6.07, 6.45) is 2.85. The quantitative estimate of drug-likeness (QED) is 0.840. The van der Waals surface area contributed by atoms with Crippen molar-refractivity contribution in [3.05, 3.63) is 29.8 Å². The molecule has 1 fully saturated rings. The molecule has 20 heavy (non-hydrogen) atoms. The number of rotatable bonds is 5. The van der Waals surface area contributed by atoms with Crippen molar-refractivity contribution in [3.63, 3.8) is 0 Å². The Hall–Kier alpha value is -1.06. The Bertz CT molecular complexity index is 412. The van der Waals surface area contributed by atoms with Gasteiger partial charge in [-0.1, -0.05) is 26.0 Å². The second-order valence-electron chi connectivity index (χ2n) is 6.46. The van der Waals surface area contributed by atoms with Gasteiger partial charge in [-0.15, -0.1) is 0 Å². The molecule has 0 spiro atoms. The Morgan fingerprint density at radius 3 is 2.65 bits per heavy atom. The molecule has 3 heteroatoms. The van der Waals surface area contributed by atoms with Gasteiger partial charge in [0.2, 0.25) is 0 Å². The van der Waals surface area contributed by atoms with Crippen LogP contribution in [0.5, 0.6) is 0 Å². The molecule has 2 N–H and O–H groups in total. The standard InChI is InChI=1S/C17H28N2O/c1-4-20-16-6-5-11-19(12-16)13-17(2,3)14-7-9-15(18)10-8-14/h7-10,16H,4-6,11-13,18H2,1-3H3. The molecule has 1 heterocycles. The SMILES string of the molecule is CCOC1CCCN(CC(C)(C)c2ccc(N)cc2)C1. The zero-order valence-corrected chi connectivity index (χ0v) is 13.1. The molecule has 1 unspecified atom stereocenters. The third kappa shape index (κ3) is 3.97. The smallest absolute Gasteiger partial charge is 0.0702 e. The van der Waals surface area contributed by atoms with Crippen LogP contribution in [0.4, 0.5) is 5.69 Å². The van der Waals surface area contributed by atoms with Crippen LogP contribution in [0.1, 0.15) is 39.2 Å². The number of likely N-dealkylation sites (tertiary alicyclic amines) is 1. The normalized spacial score (nSPS) is 21.1.